The summed E-state index contributed by atoms with van der Waals surface area (Å²) in [6.45, 7) is 6.34. The molecule has 0 unspecified atom stereocenters. The standard InChI is InChI=1S/C18H21N3S/c1-4-5-11-22-16-12-13(2)19-18-17(14(3)20-21(16)18)15-9-7-6-8-10-15/h6-10,12H,4-5,11H2,1-3H3. The van der Waals surface area contributed by atoms with Crippen LogP contribution >= 0.6 is 11.8 Å². The second kappa shape index (κ2) is 6.53. The molecule has 2 aromatic heterocycles. The Labute approximate surface area is 135 Å². The maximum absolute atomic E-state index is 4.75. The van der Waals surface area contributed by atoms with Crippen molar-refractivity contribution in [1.82, 2.24) is 14.6 Å². The van der Waals surface area contributed by atoms with Crippen molar-refractivity contribution < 1.29 is 0 Å². The van der Waals surface area contributed by atoms with Gasteiger partial charge in [-0.15, -0.1) is 11.8 Å². The summed E-state index contributed by atoms with van der Waals surface area (Å²) in [6, 6.07) is 12.5. The van der Waals surface area contributed by atoms with E-state index in [-0.39, 0.29) is 0 Å². The molecule has 0 radical (unpaired) electrons. The van der Waals surface area contributed by atoms with Gasteiger partial charge in [-0.25, -0.2) is 9.50 Å². The van der Waals surface area contributed by atoms with Crippen LogP contribution in [-0.2, 0) is 0 Å². The molecule has 3 aromatic rings. The van der Waals surface area contributed by atoms with E-state index in [0.29, 0.717) is 0 Å². The van der Waals surface area contributed by atoms with Crippen molar-refractivity contribution >= 4 is 17.4 Å². The molecule has 0 aliphatic carbocycles. The summed E-state index contributed by atoms with van der Waals surface area (Å²) in [4.78, 5) is 4.75. The fraction of sp³-hybridized carbons (Fsp3) is 0.333. The normalized spacial score (nSPS) is 11.2. The average molecular weight is 311 g/mol. The molecule has 0 aliphatic heterocycles. The molecule has 3 rings (SSSR count). The van der Waals surface area contributed by atoms with Crippen LogP contribution in [0.4, 0.5) is 0 Å². The SMILES string of the molecule is CCCCSc1cc(C)nc2c(-c3ccccc3)c(C)nn12. The van der Waals surface area contributed by atoms with Crippen LogP contribution in [0.25, 0.3) is 16.8 Å². The molecule has 0 saturated carbocycles. The molecule has 0 N–H and O–H groups in total. The second-order valence-electron chi connectivity index (χ2n) is 5.50. The van der Waals surface area contributed by atoms with Crippen molar-refractivity contribution in [2.75, 3.05) is 5.75 Å². The minimum absolute atomic E-state index is 0.961. The summed E-state index contributed by atoms with van der Waals surface area (Å²) in [5.74, 6) is 1.12. The minimum Gasteiger partial charge on any atom is -0.233 e. The zero-order valence-corrected chi connectivity index (χ0v) is 14.2. The number of aryl methyl sites for hydroxylation is 2. The Morgan fingerprint density at radius 1 is 1.14 bits per heavy atom. The highest BCUT2D eigenvalue weighted by Gasteiger charge is 2.15. The first-order valence-corrected chi connectivity index (χ1v) is 8.74. The van der Waals surface area contributed by atoms with Gasteiger partial charge in [-0.3, -0.25) is 0 Å². The van der Waals surface area contributed by atoms with Gasteiger partial charge in [0.1, 0.15) is 5.03 Å². The van der Waals surface area contributed by atoms with E-state index < -0.39 is 0 Å². The van der Waals surface area contributed by atoms with E-state index in [1.54, 1.807) is 0 Å². The highest BCUT2D eigenvalue weighted by molar-refractivity contribution is 7.99. The van der Waals surface area contributed by atoms with E-state index in [4.69, 9.17) is 10.1 Å². The molecule has 0 atom stereocenters. The molecule has 1 aromatic carbocycles. The van der Waals surface area contributed by atoms with Gasteiger partial charge in [-0.2, -0.15) is 5.10 Å². The zero-order valence-electron chi connectivity index (χ0n) is 13.3. The Bertz CT molecular complexity index is 778. The molecule has 22 heavy (non-hydrogen) atoms. The smallest absolute Gasteiger partial charge is 0.164 e. The number of thioether (sulfide) groups is 1. The van der Waals surface area contributed by atoms with Gasteiger partial charge < -0.3 is 0 Å². The van der Waals surface area contributed by atoms with Gasteiger partial charge >= 0.3 is 0 Å². The third-order valence-electron chi connectivity index (χ3n) is 3.67. The largest absolute Gasteiger partial charge is 0.233 e. The van der Waals surface area contributed by atoms with Gasteiger partial charge in [0.2, 0.25) is 0 Å². The molecule has 0 fully saturated rings. The van der Waals surface area contributed by atoms with Crippen LogP contribution in [0.5, 0.6) is 0 Å². The molecular weight excluding hydrogens is 290 g/mol. The molecule has 0 bridgehead atoms. The Balaban J connectivity index is 2.13. The molecule has 0 amide bonds. The Morgan fingerprint density at radius 3 is 2.64 bits per heavy atom. The number of rotatable bonds is 5. The number of unbranched alkanes of at least 4 members (excludes halogenated alkanes) is 1. The monoisotopic (exact) mass is 311 g/mol. The molecular formula is C18H21N3S. The van der Waals surface area contributed by atoms with Crippen LogP contribution in [0.15, 0.2) is 41.4 Å². The van der Waals surface area contributed by atoms with E-state index in [9.17, 15) is 0 Å². The van der Waals surface area contributed by atoms with Gasteiger partial charge in [-0.05, 0) is 37.7 Å². The lowest BCUT2D eigenvalue weighted by Crippen LogP contribution is -1.98. The fourth-order valence-electron chi connectivity index (χ4n) is 2.58. The summed E-state index contributed by atoms with van der Waals surface area (Å²) in [6.07, 6.45) is 2.44. The van der Waals surface area contributed by atoms with Crippen molar-refractivity contribution in [3.8, 4) is 11.1 Å². The fourth-order valence-corrected chi connectivity index (χ4v) is 3.72. The number of hydrogen-bond donors (Lipinski definition) is 0. The van der Waals surface area contributed by atoms with Gasteiger partial charge in [0.05, 0.1) is 5.69 Å². The number of benzene rings is 1. The molecule has 0 saturated heterocycles. The highest BCUT2D eigenvalue weighted by atomic mass is 32.2. The molecule has 0 spiro atoms. The number of fused-ring (bicyclic) bond motifs is 1. The molecule has 3 nitrogen and oxygen atoms in total. The number of nitrogens with zero attached hydrogens (tertiary/aromatic N) is 3. The third kappa shape index (κ3) is 2.88. The highest BCUT2D eigenvalue weighted by Crippen LogP contribution is 2.30. The van der Waals surface area contributed by atoms with Crippen molar-refractivity contribution in [1.29, 1.82) is 0 Å². The van der Waals surface area contributed by atoms with Gasteiger partial charge in [-0.1, -0.05) is 43.7 Å². The van der Waals surface area contributed by atoms with Crippen molar-refractivity contribution in [3.05, 3.63) is 47.8 Å². The minimum atomic E-state index is 0.961. The van der Waals surface area contributed by atoms with Crippen LogP contribution in [0.3, 0.4) is 0 Å². The number of aromatic nitrogens is 3. The van der Waals surface area contributed by atoms with Crippen LogP contribution in [-0.4, -0.2) is 20.4 Å². The first kappa shape index (κ1) is 15.1. The van der Waals surface area contributed by atoms with E-state index in [2.05, 4.69) is 51.1 Å². The molecule has 114 valence electrons. The summed E-state index contributed by atoms with van der Waals surface area (Å²) in [5, 5.41) is 5.92. The molecule has 0 aliphatic rings. The third-order valence-corrected chi connectivity index (χ3v) is 4.75. The predicted molar refractivity (Wildman–Crippen MR) is 93.5 cm³/mol. The van der Waals surface area contributed by atoms with Crippen LogP contribution in [0, 0.1) is 13.8 Å². The molecule has 4 heteroatoms. The maximum Gasteiger partial charge on any atom is 0.164 e. The summed E-state index contributed by atoms with van der Waals surface area (Å²) < 4.78 is 2.00. The maximum atomic E-state index is 4.75. The lowest BCUT2D eigenvalue weighted by molar-refractivity contribution is 0.818. The van der Waals surface area contributed by atoms with Gasteiger partial charge in [0, 0.05) is 11.3 Å². The lowest BCUT2D eigenvalue weighted by Gasteiger charge is -2.06. The van der Waals surface area contributed by atoms with Crippen LogP contribution < -0.4 is 0 Å². The van der Waals surface area contributed by atoms with E-state index in [0.717, 1.165) is 28.4 Å². The summed E-state index contributed by atoms with van der Waals surface area (Å²) in [5.41, 5.74) is 5.35. The summed E-state index contributed by atoms with van der Waals surface area (Å²) in [7, 11) is 0. The van der Waals surface area contributed by atoms with E-state index >= 15 is 0 Å². The first-order chi connectivity index (χ1) is 10.7. The Kier molecular flexibility index (Phi) is 4.48. The Hall–Kier alpha value is -1.81. The van der Waals surface area contributed by atoms with E-state index in [1.807, 2.05) is 22.3 Å². The molecule has 2 heterocycles. The van der Waals surface area contributed by atoms with Gasteiger partial charge in [0.15, 0.2) is 5.65 Å². The quantitative estimate of drug-likeness (QED) is 0.381. The predicted octanol–water partition coefficient (Wildman–Crippen LogP) is 4.91. The first-order valence-electron chi connectivity index (χ1n) is 7.76. The van der Waals surface area contributed by atoms with Gasteiger partial charge in [0.25, 0.3) is 0 Å². The Morgan fingerprint density at radius 2 is 1.91 bits per heavy atom. The lowest BCUT2D eigenvalue weighted by atomic mass is 10.1. The van der Waals surface area contributed by atoms with Crippen molar-refractivity contribution in [2.45, 2.75) is 38.6 Å². The summed E-state index contributed by atoms with van der Waals surface area (Å²) >= 11 is 1.87. The topological polar surface area (TPSA) is 30.2 Å². The van der Waals surface area contributed by atoms with Crippen molar-refractivity contribution in [2.24, 2.45) is 0 Å². The number of hydrogen-bond acceptors (Lipinski definition) is 3. The average Bonchev–Trinajstić information content (AvgIpc) is 2.84. The van der Waals surface area contributed by atoms with Crippen LogP contribution in [0.2, 0.25) is 0 Å². The second-order valence-corrected chi connectivity index (χ2v) is 6.61. The zero-order chi connectivity index (χ0) is 15.5. The van der Waals surface area contributed by atoms with Crippen molar-refractivity contribution in [3.63, 3.8) is 0 Å². The van der Waals surface area contributed by atoms with Crippen LogP contribution in [0.1, 0.15) is 31.2 Å². The van der Waals surface area contributed by atoms with E-state index in [1.165, 1.54) is 23.4 Å².